The summed E-state index contributed by atoms with van der Waals surface area (Å²) in [5.74, 6) is 0. The van der Waals surface area contributed by atoms with Gasteiger partial charge in [0.05, 0.1) is 11.4 Å². The van der Waals surface area contributed by atoms with E-state index >= 15 is 0 Å². The topological polar surface area (TPSA) is 74.6 Å². The lowest BCUT2D eigenvalue weighted by atomic mass is 10.0. The van der Waals surface area contributed by atoms with Gasteiger partial charge in [0, 0.05) is 0 Å². The quantitative estimate of drug-likeness (QED) is 0.230. The summed E-state index contributed by atoms with van der Waals surface area (Å²) in [4.78, 5) is 0. The first-order valence-electron chi connectivity index (χ1n) is 10.6. The van der Waals surface area contributed by atoms with E-state index in [2.05, 4.69) is 13.8 Å². The van der Waals surface area contributed by atoms with Crippen LogP contribution in [0.4, 0.5) is 0 Å². The summed E-state index contributed by atoms with van der Waals surface area (Å²) in [6.07, 6.45) is 15.4. The molecule has 0 aliphatic rings. The minimum atomic E-state index is -3.95. The van der Waals surface area contributed by atoms with E-state index in [1.54, 1.807) is 0 Å². The molecule has 2 atom stereocenters. The van der Waals surface area contributed by atoms with E-state index in [9.17, 15) is 18.1 Å². The highest BCUT2D eigenvalue weighted by Gasteiger charge is 2.22. The van der Waals surface area contributed by atoms with Gasteiger partial charge in [0.15, 0.2) is 0 Å². The molecule has 0 heterocycles. The van der Waals surface area contributed by atoms with Gasteiger partial charge in [-0.3, -0.25) is 4.55 Å². The predicted molar refractivity (Wildman–Crippen MR) is 107 cm³/mol. The Labute approximate surface area is 156 Å². The first-order chi connectivity index (χ1) is 11.9. The molecule has 2 N–H and O–H groups in total. The summed E-state index contributed by atoms with van der Waals surface area (Å²) in [6.45, 7) is 4.34. The number of aliphatic hydroxyl groups excluding tert-OH is 1. The fourth-order valence-electron chi connectivity index (χ4n) is 3.30. The Bertz CT molecular complexity index is 381. The first kappa shape index (κ1) is 24.9. The average molecular weight is 379 g/mol. The zero-order chi connectivity index (χ0) is 19.0. The van der Waals surface area contributed by atoms with E-state index in [1.165, 1.54) is 25.7 Å². The largest absolute Gasteiger partial charge is 0.393 e. The van der Waals surface area contributed by atoms with Crippen LogP contribution < -0.4 is 0 Å². The Morgan fingerprint density at radius 1 is 0.640 bits per heavy atom. The molecule has 0 aromatic carbocycles. The number of hydrogen-bond acceptors (Lipinski definition) is 3. The summed E-state index contributed by atoms with van der Waals surface area (Å²) >= 11 is 0. The molecule has 0 aromatic heterocycles. The van der Waals surface area contributed by atoms with Crippen molar-refractivity contribution in [3.63, 3.8) is 0 Å². The summed E-state index contributed by atoms with van der Waals surface area (Å²) in [7, 11) is -3.95. The molecule has 2 unspecified atom stereocenters. The molecule has 152 valence electrons. The first-order valence-corrected chi connectivity index (χ1v) is 12.1. The van der Waals surface area contributed by atoms with Crippen LogP contribution >= 0.6 is 0 Å². The van der Waals surface area contributed by atoms with Crippen LogP contribution in [-0.4, -0.2) is 29.4 Å². The van der Waals surface area contributed by atoms with Crippen LogP contribution in [0.2, 0.25) is 0 Å². The van der Waals surface area contributed by atoms with Crippen LogP contribution in [0.25, 0.3) is 0 Å². The lowest BCUT2D eigenvalue weighted by Gasteiger charge is -2.15. The Hall–Kier alpha value is -0.130. The summed E-state index contributed by atoms with van der Waals surface area (Å²) in [6, 6.07) is 0. The molecule has 0 aliphatic heterocycles. The number of unbranched alkanes of at least 4 members (excludes halogenated alkanes) is 9. The molecule has 5 heteroatoms. The molecule has 0 spiro atoms. The molecule has 0 rings (SSSR count). The third-order valence-corrected chi connectivity index (χ3v) is 6.32. The average Bonchev–Trinajstić information content (AvgIpc) is 2.55. The van der Waals surface area contributed by atoms with Crippen molar-refractivity contribution in [2.24, 2.45) is 0 Å². The highest BCUT2D eigenvalue weighted by atomic mass is 32.2. The predicted octanol–water partition coefficient (Wildman–Crippen LogP) is 5.89. The van der Waals surface area contributed by atoms with Crippen molar-refractivity contribution in [2.45, 2.75) is 128 Å². The van der Waals surface area contributed by atoms with Crippen LogP contribution in [0.1, 0.15) is 117 Å². The number of hydrogen-bond donors (Lipinski definition) is 2. The molecule has 4 nitrogen and oxygen atoms in total. The van der Waals surface area contributed by atoms with Crippen molar-refractivity contribution in [1.82, 2.24) is 0 Å². The van der Waals surface area contributed by atoms with Crippen LogP contribution in [-0.2, 0) is 10.1 Å². The van der Waals surface area contributed by atoms with Gasteiger partial charge in [-0.05, 0) is 25.7 Å². The molecule has 0 bridgehead atoms. The van der Waals surface area contributed by atoms with Crippen molar-refractivity contribution in [1.29, 1.82) is 0 Å². The van der Waals surface area contributed by atoms with E-state index in [4.69, 9.17) is 0 Å². The van der Waals surface area contributed by atoms with Gasteiger partial charge >= 0.3 is 0 Å². The van der Waals surface area contributed by atoms with E-state index in [1.807, 2.05) is 0 Å². The molecular weight excluding hydrogens is 336 g/mol. The van der Waals surface area contributed by atoms with Crippen molar-refractivity contribution >= 4 is 10.1 Å². The Morgan fingerprint density at radius 3 is 1.52 bits per heavy atom. The second kappa shape index (κ2) is 16.1. The smallest absolute Gasteiger partial charge is 0.267 e. The van der Waals surface area contributed by atoms with Gasteiger partial charge < -0.3 is 5.11 Å². The Kier molecular flexibility index (Phi) is 16.0. The van der Waals surface area contributed by atoms with Crippen molar-refractivity contribution in [3.05, 3.63) is 0 Å². The SMILES string of the molecule is CCCCCCCCCC(CCCCC(O)CCCCC)S(=O)(=O)O. The third kappa shape index (κ3) is 15.8. The molecule has 0 aliphatic carbocycles. The van der Waals surface area contributed by atoms with Gasteiger partial charge in [-0.2, -0.15) is 8.42 Å². The summed E-state index contributed by atoms with van der Waals surface area (Å²) in [5, 5.41) is 9.27. The van der Waals surface area contributed by atoms with E-state index in [0.717, 1.165) is 64.2 Å². The number of rotatable bonds is 18. The molecule has 0 fully saturated rings. The van der Waals surface area contributed by atoms with Gasteiger partial charge in [-0.1, -0.05) is 90.9 Å². The number of aliphatic hydroxyl groups is 1. The zero-order valence-electron chi connectivity index (χ0n) is 16.6. The van der Waals surface area contributed by atoms with Crippen LogP contribution in [0.15, 0.2) is 0 Å². The highest BCUT2D eigenvalue weighted by molar-refractivity contribution is 7.86. The second-order valence-corrected chi connectivity index (χ2v) is 9.18. The standard InChI is InChI=1S/C20H42O4S/c1-3-5-7-8-9-10-12-17-20(25(22,23)24)18-14-13-16-19(21)15-11-6-4-2/h19-21H,3-18H2,1-2H3,(H,22,23,24). The molecule has 0 saturated carbocycles. The van der Waals surface area contributed by atoms with E-state index < -0.39 is 15.4 Å². The third-order valence-electron chi connectivity index (χ3n) is 5.01. The fraction of sp³-hybridized carbons (Fsp3) is 1.00. The van der Waals surface area contributed by atoms with Crippen molar-refractivity contribution in [2.75, 3.05) is 0 Å². The maximum atomic E-state index is 11.5. The van der Waals surface area contributed by atoms with E-state index in [-0.39, 0.29) is 6.10 Å². The van der Waals surface area contributed by atoms with Crippen molar-refractivity contribution in [3.8, 4) is 0 Å². The summed E-state index contributed by atoms with van der Waals surface area (Å²) in [5.41, 5.74) is 0. The maximum Gasteiger partial charge on any atom is 0.267 e. The molecule has 0 radical (unpaired) electrons. The lowest BCUT2D eigenvalue weighted by molar-refractivity contribution is 0.147. The van der Waals surface area contributed by atoms with Crippen LogP contribution in [0.5, 0.6) is 0 Å². The maximum absolute atomic E-state index is 11.5. The molecular formula is C20H42O4S. The fourth-order valence-corrected chi connectivity index (χ4v) is 4.23. The zero-order valence-corrected chi connectivity index (χ0v) is 17.4. The Morgan fingerprint density at radius 2 is 1.00 bits per heavy atom. The van der Waals surface area contributed by atoms with Crippen LogP contribution in [0.3, 0.4) is 0 Å². The van der Waals surface area contributed by atoms with Gasteiger partial charge in [0.25, 0.3) is 10.1 Å². The van der Waals surface area contributed by atoms with Gasteiger partial charge in [-0.25, -0.2) is 0 Å². The van der Waals surface area contributed by atoms with Gasteiger partial charge in [0.2, 0.25) is 0 Å². The van der Waals surface area contributed by atoms with E-state index in [0.29, 0.717) is 12.8 Å². The van der Waals surface area contributed by atoms with Crippen LogP contribution in [0, 0.1) is 0 Å². The van der Waals surface area contributed by atoms with Gasteiger partial charge in [-0.15, -0.1) is 0 Å². The molecule has 0 aromatic rings. The minimum Gasteiger partial charge on any atom is -0.393 e. The van der Waals surface area contributed by atoms with Gasteiger partial charge in [0.1, 0.15) is 0 Å². The monoisotopic (exact) mass is 378 g/mol. The van der Waals surface area contributed by atoms with Crippen molar-refractivity contribution < 1.29 is 18.1 Å². The second-order valence-electron chi connectivity index (χ2n) is 7.48. The molecule has 0 amide bonds. The minimum absolute atomic E-state index is 0.265. The lowest BCUT2D eigenvalue weighted by Crippen LogP contribution is -2.20. The summed E-state index contributed by atoms with van der Waals surface area (Å²) < 4.78 is 32.5. The Balaban J connectivity index is 3.86. The highest BCUT2D eigenvalue weighted by Crippen LogP contribution is 2.19. The molecule has 25 heavy (non-hydrogen) atoms. The molecule has 0 saturated heterocycles. The normalized spacial score (nSPS) is 14.6.